The van der Waals surface area contributed by atoms with Gasteiger partial charge in [0.15, 0.2) is 0 Å². The van der Waals surface area contributed by atoms with Crippen molar-refractivity contribution in [3.8, 4) is 0 Å². The molecule has 1 aromatic rings. The highest BCUT2D eigenvalue weighted by atomic mass is 79.9. The van der Waals surface area contributed by atoms with Gasteiger partial charge in [0.25, 0.3) is 0 Å². The van der Waals surface area contributed by atoms with E-state index in [1.54, 1.807) is 0 Å². The lowest BCUT2D eigenvalue weighted by Gasteiger charge is -2.42. The number of aryl methyl sites for hydroxylation is 2. The van der Waals surface area contributed by atoms with Crippen LogP contribution < -0.4 is 0 Å². The zero-order chi connectivity index (χ0) is 14.3. The van der Waals surface area contributed by atoms with Crippen LogP contribution in [0.15, 0.2) is 4.47 Å². The third kappa shape index (κ3) is 2.55. The average molecular weight is 341 g/mol. The topological polar surface area (TPSA) is 24.3 Å². The zero-order valence-corrected chi connectivity index (χ0v) is 14.4. The molecule has 2 fully saturated rings. The molecule has 2 aliphatic rings. The van der Waals surface area contributed by atoms with Crippen LogP contribution in [0.25, 0.3) is 0 Å². The van der Waals surface area contributed by atoms with Crippen molar-refractivity contribution in [2.45, 2.75) is 58.8 Å². The van der Waals surface area contributed by atoms with Crippen molar-refractivity contribution in [2.75, 3.05) is 19.6 Å². The zero-order valence-electron chi connectivity index (χ0n) is 12.8. The van der Waals surface area contributed by atoms with Crippen molar-refractivity contribution in [2.24, 2.45) is 0 Å². The SMILES string of the molecule is CCn1nc(C)c(Br)c1CN1CC2CCCN2CC1C. The second kappa shape index (κ2) is 5.78. The molecule has 0 spiro atoms. The van der Waals surface area contributed by atoms with Crippen molar-refractivity contribution in [1.29, 1.82) is 0 Å². The fourth-order valence-corrected chi connectivity index (χ4v) is 4.09. The normalized spacial score (nSPS) is 28.0. The fraction of sp³-hybridized carbons (Fsp3) is 0.800. The maximum absolute atomic E-state index is 4.62. The summed E-state index contributed by atoms with van der Waals surface area (Å²) in [7, 11) is 0. The van der Waals surface area contributed by atoms with Gasteiger partial charge < -0.3 is 0 Å². The number of hydrogen-bond donors (Lipinski definition) is 0. The van der Waals surface area contributed by atoms with Gasteiger partial charge in [-0.3, -0.25) is 14.5 Å². The maximum atomic E-state index is 4.62. The molecule has 3 heterocycles. The predicted octanol–water partition coefficient (Wildman–Crippen LogP) is 2.64. The Morgan fingerprint density at radius 1 is 1.35 bits per heavy atom. The number of fused-ring (bicyclic) bond motifs is 1. The monoisotopic (exact) mass is 340 g/mol. The van der Waals surface area contributed by atoms with Crippen LogP contribution in [-0.2, 0) is 13.1 Å². The highest BCUT2D eigenvalue weighted by Crippen LogP contribution is 2.28. The number of rotatable bonds is 3. The van der Waals surface area contributed by atoms with Crippen LogP contribution in [0, 0.1) is 6.92 Å². The van der Waals surface area contributed by atoms with Crippen molar-refractivity contribution >= 4 is 15.9 Å². The lowest BCUT2D eigenvalue weighted by atomic mass is 10.1. The van der Waals surface area contributed by atoms with Crippen molar-refractivity contribution < 1.29 is 0 Å². The molecule has 1 aromatic heterocycles. The van der Waals surface area contributed by atoms with E-state index in [1.807, 2.05) is 0 Å². The van der Waals surface area contributed by atoms with Crippen molar-refractivity contribution in [3.05, 3.63) is 15.9 Å². The van der Waals surface area contributed by atoms with E-state index in [1.165, 1.54) is 42.6 Å². The van der Waals surface area contributed by atoms with E-state index in [9.17, 15) is 0 Å². The summed E-state index contributed by atoms with van der Waals surface area (Å²) >= 11 is 3.72. The van der Waals surface area contributed by atoms with Gasteiger partial charge in [-0.2, -0.15) is 5.10 Å². The quantitative estimate of drug-likeness (QED) is 0.845. The molecule has 4 nitrogen and oxygen atoms in total. The molecule has 0 aliphatic carbocycles. The summed E-state index contributed by atoms with van der Waals surface area (Å²) in [6.45, 7) is 12.3. The van der Waals surface area contributed by atoms with Gasteiger partial charge in [0.05, 0.1) is 15.9 Å². The molecule has 0 aromatic carbocycles. The minimum atomic E-state index is 0.636. The van der Waals surface area contributed by atoms with E-state index in [4.69, 9.17) is 0 Å². The molecule has 3 rings (SSSR count). The fourth-order valence-electron chi connectivity index (χ4n) is 3.68. The summed E-state index contributed by atoms with van der Waals surface area (Å²) in [5.74, 6) is 0. The van der Waals surface area contributed by atoms with E-state index >= 15 is 0 Å². The molecular weight excluding hydrogens is 316 g/mol. The molecule has 0 saturated carbocycles. The van der Waals surface area contributed by atoms with Crippen LogP contribution in [0.2, 0.25) is 0 Å². The van der Waals surface area contributed by atoms with Crippen LogP contribution >= 0.6 is 15.9 Å². The Balaban J connectivity index is 1.77. The van der Waals surface area contributed by atoms with E-state index in [0.717, 1.165) is 24.8 Å². The van der Waals surface area contributed by atoms with Crippen LogP contribution in [0.4, 0.5) is 0 Å². The van der Waals surface area contributed by atoms with Crippen molar-refractivity contribution in [3.63, 3.8) is 0 Å². The Bertz CT molecular complexity index is 484. The Labute approximate surface area is 130 Å². The van der Waals surface area contributed by atoms with E-state index in [2.05, 4.69) is 56.3 Å². The smallest absolute Gasteiger partial charge is 0.0739 e. The standard InChI is InChI=1S/C15H25BrN4/c1-4-20-14(15(16)12(3)17-20)10-19-9-13-6-5-7-18(13)8-11(19)2/h11,13H,4-10H2,1-3H3. The van der Waals surface area contributed by atoms with Gasteiger partial charge in [-0.15, -0.1) is 0 Å². The van der Waals surface area contributed by atoms with Gasteiger partial charge in [0, 0.05) is 38.3 Å². The second-order valence-corrected chi connectivity index (χ2v) is 7.02. The van der Waals surface area contributed by atoms with Gasteiger partial charge in [-0.25, -0.2) is 0 Å². The van der Waals surface area contributed by atoms with E-state index in [0.29, 0.717) is 6.04 Å². The van der Waals surface area contributed by atoms with Crippen LogP contribution in [0.1, 0.15) is 38.1 Å². The predicted molar refractivity (Wildman–Crippen MR) is 84.8 cm³/mol. The number of halogens is 1. The molecule has 2 atom stereocenters. The molecule has 20 heavy (non-hydrogen) atoms. The van der Waals surface area contributed by atoms with Gasteiger partial charge in [-0.05, 0) is 56.1 Å². The van der Waals surface area contributed by atoms with Crippen LogP contribution in [-0.4, -0.2) is 51.3 Å². The molecule has 2 unspecified atom stereocenters. The Kier molecular flexibility index (Phi) is 4.20. The summed E-state index contributed by atoms with van der Waals surface area (Å²) in [4.78, 5) is 5.32. The van der Waals surface area contributed by atoms with Crippen molar-refractivity contribution in [1.82, 2.24) is 19.6 Å². The highest BCUT2D eigenvalue weighted by molar-refractivity contribution is 9.10. The molecule has 0 bridgehead atoms. The van der Waals surface area contributed by atoms with Gasteiger partial charge in [0.1, 0.15) is 0 Å². The minimum absolute atomic E-state index is 0.636. The maximum Gasteiger partial charge on any atom is 0.0739 e. The van der Waals surface area contributed by atoms with Crippen LogP contribution in [0.5, 0.6) is 0 Å². The third-order valence-electron chi connectivity index (χ3n) is 4.87. The molecule has 2 aliphatic heterocycles. The summed E-state index contributed by atoms with van der Waals surface area (Å²) in [5.41, 5.74) is 2.44. The molecule has 0 radical (unpaired) electrons. The first-order valence-corrected chi connectivity index (χ1v) is 8.59. The largest absolute Gasteiger partial charge is 0.298 e. The Morgan fingerprint density at radius 3 is 2.90 bits per heavy atom. The van der Waals surface area contributed by atoms with Gasteiger partial charge >= 0.3 is 0 Å². The summed E-state index contributed by atoms with van der Waals surface area (Å²) in [6, 6.07) is 1.42. The third-order valence-corrected chi connectivity index (χ3v) is 5.90. The molecule has 2 saturated heterocycles. The minimum Gasteiger partial charge on any atom is -0.298 e. The first kappa shape index (κ1) is 14.5. The number of nitrogens with zero attached hydrogens (tertiary/aromatic N) is 4. The lowest BCUT2D eigenvalue weighted by Crippen LogP contribution is -2.54. The highest BCUT2D eigenvalue weighted by Gasteiger charge is 2.34. The molecule has 0 N–H and O–H groups in total. The summed E-state index contributed by atoms with van der Waals surface area (Å²) in [5, 5.41) is 4.62. The Morgan fingerprint density at radius 2 is 2.15 bits per heavy atom. The Hall–Kier alpha value is -0.390. The molecular formula is C15H25BrN4. The number of aromatic nitrogens is 2. The second-order valence-electron chi connectivity index (χ2n) is 6.23. The first-order valence-electron chi connectivity index (χ1n) is 7.80. The first-order chi connectivity index (χ1) is 9.60. The summed E-state index contributed by atoms with van der Waals surface area (Å²) < 4.78 is 3.34. The molecule has 112 valence electrons. The van der Waals surface area contributed by atoms with E-state index in [-0.39, 0.29) is 0 Å². The number of piperazine rings is 1. The number of hydrogen-bond acceptors (Lipinski definition) is 3. The average Bonchev–Trinajstić information content (AvgIpc) is 2.98. The molecule has 0 amide bonds. The van der Waals surface area contributed by atoms with Crippen LogP contribution in [0.3, 0.4) is 0 Å². The van der Waals surface area contributed by atoms with Gasteiger partial charge in [-0.1, -0.05) is 0 Å². The van der Waals surface area contributed by atoms with E-state index < -0.39 is 0 Å². The van der Waals surface area contributed by atoms with Gasteiger partial charge in [0.2, 0.25) is 0 Å². The molecule has 5 heteroatoms. The lowest BCUT2D eigenvalue weighted by molar-refractivity contribution is 0.0520. The summed E-state index contributed by atoms with van der Waals surface area (Å²) in [6.07, 6.45) is 2.75.